The summed E-state index contributed by atoms with van der Waals surface area (Å²) in [6.45, 7) is 4.97. The molecule has 1 fully saturated rings. The van der Waals surface area contributed by atoms with E-state index in [9.17, 15) is 13.6 Å². The first-order chi connectivity index (χ1) is 12.0. The molecule has 0 radical (unpaired) electrons. The van der Waals surface area contributed by atoms with Gasteiger partial charge < -0.3 is 15.1 Å². The van der Waals surface area contributed by atoms with Crippen molar-refractivity contribution in [3.8, 4) is 0 Å². The van der Waals surface area contributed by atoms with Gasteiger partial charge >= 0.3 is 0 Å². The lowest BCUT2D eigenvalue weighted by Gasteiger charge is -2.36. The lowest BCUT2D eigenvalue weighted by molar-refractivity contribution is -0.129. The molecule has 1 N–H and O–H groups in total. The highest BCUT2D eigenvalue weighted by molar-refractivity contribution is 5.81. The number of carbonyl (C=O) groups excluding carboxylic acids is 1. The van der Waals surface area contributed by atoms with E-state index in [-0.39, 0.29) is 12.5 Å². The minimum absolute atomic E-state index is 0.0476. The molecule has 0 aromatic heterocycles. The Morgan fingerprint density at radius 2 is 1.80 bits per heavy atom. The second kappa shape index (κ2) is 7.51. The number of piperazine rings is 1. The summed E-state index contributed by atoms with van der Waals surface area (Å²) in [5.41, 5.74) is 2.78. The van der Waals surface area contributed by atoms with Gasteiger partial charge in [0.2, 0.25) is 5.91 Å². The molecule has 3 rings (SSSR count). The van der Waals surface area contributed by atoms with Gasteiger partial charge in [0.25, 0.3) is 0 Å². The summed E-state index contributed by atoms with van der Waals surface area (Å²) in [6, 6.07) is 11.8. The molecule has 1 aliphatic rings. The van der Waals surface area contributed by atoms with E-state index in [2.05, 4.69) is 35.3 Å². The lowest BCUT2D eigenvalue weighted by Crippen LogP contribution is -2.50. The van der Waals surface area contributed by atoms with Gasteiger partial charge in [-0.25, -0.2) is 8.78 Å². The first-order valence-corrected chi connectivity index (χ1v) is 8.31. The zero-order valence-corrected chi connectivity index (χ0v) is 14.1. The SMILES string of the molecule is Cc1cccc(N2CCN(C(=O)CNc3ccc(F)c(F)c3)CC2)c1. The molecule has 4 nitrogen and oxygen atoms in total. The number of nitrogens with one attached hydrogen (secondary N) is 1. The first-order valence-electron chi connectivity index (χ1n) is 8.31. The Hall–Kier alpha value is -2.63. The van der Waals surface area contributed by atoms with E-state index in [1.54, 1.807) is 4.90 Å². The summed E-state index contributed by atoms with van der Waals surface area (Å²) in [7, 11) is 0. The number of anilines is 2. The first kappa shape index (κ1) is 17.2. The van der Waals surface area contributed by atoms with Crippen molar-refractivity contribution < 1.29 is 13.6 Å². The number of amides is 1. The van der Waals surface area contributed by atoms with Crippen LogP contribution in [0.4, 0.5) is 20.2 Å². The van der Waals surface area contributed by atoms with E-state index in [1.807, 2.05) is 6.07 Å². The van der Waals surface area contributed by atoms with E-state index >= 15 is 0 Å². The molecule has 2 aromatic rings. The van der Waals surface area contributed by atoms with Gasteiger partial charge in [-0.2, -0.15) is 0 Å². The van der Waals surface area contributed by atoms with Crippen LogP contribution in [0.1, 0.15) is 5.56 Å². The number of hydrogen-bond donors (Lipinski definition) is 1. The predicted octanol–water partition coefficient (Wildman–Crippen LogP) is 3.03. The molecule has 1 aliphatic heterocycles. The fourth-order valence-electron chi connectivity index (χ4n) is 2.93. The molecule has 1 amide bonds. The highest BCUT2D eigenvalue weighted by atomic mass is 19.2. The van der Waals surface area contributed by atoms with Crippen LogP contribution in [0.15, 0.2) is 42.5 Å². The summed E-state index contributed by atoms with van der Waals surface area (Å²) in [6.07, 6.45) is 0. The van der Waals surface area contributed by atoms with Crippen molar-refractivity contribution >= 4 is 17.3 Å². The van der Waals surface area contributed by atoms with Crippen LogP contribution in [0.3, 0.4) is 0 Å². The van der Waals surface area contributed by atoms with Gasteiger partial charge in [0.05, 0.1) is 6.54 Å². The van der Waals surface area contributed by atoms with E-state index in [0.29, 0.717) is 18.8 Å². The number of aryl methyl sites for hydroxylation is 1. The fourth-order valence-corrected chi connectivity index (χ4v) is 2.93. The topological polar surface area (TPSA) is 35.6 Å². The number of halogens is 2. The van der Waals surface area contributed by atoms with Crippen LogP contribution in [-0.2, 0) is 4.79 Å². The van der Waals surface area contributed by atoms with Crippen LogP contribution in [0.2, 0.25) is 0 Å². The summed E-state index contributed by atoms with van der Waals surface area (Å²) in [5.74, 6) is -1.87. The van der Waals surface area contributed by atoms with Crippen LogP contribution >= 0.6 is 0 Å². The number of benzene rings is 2. The zero-order chi connectivity index (χ0) is 17.8. The van der Waals surface area contributed by atoms with Crippen LogP contribution < -0.4 is 10.2 Å². The standard InChI is InChI=1S/C19H21F2N3O/c1-14-3-2-4-16(11-14)23-7-9-24(10-8-23)19(25)13-22-15-5-6-17(20)18(21)12-15/h2-6,11-12,22H,7-10,13H2,1H3. The molecular formula is C19H21F2N3O. The van der Waals surface area contributed by atoms with Crippen molar-refractivity contribution in [2.75, 3.05) is 42.9 Å². The van der Waals surface area contributed by atoms with Crippen molar-refractivity contribution in [1.82, 2.24) is 4.90 Å². The quantitative estimate of drug-likeness (QED) is 0.925. The number of carbonyl (C=O) groups is 1. The average molecular weight is 345 g/mol. The summed E-state index contributed by atoms with van der Waals surface area (Å²) in [4.78, 5) is 16.4. The minimum atomic E-state index is -0.927. The second-order valence-corrected chi connectivity index (χ2v) is 6.19. The smallest absolute Gasteiger partial charge is 0.241 e. The number of hydrogen-bond acceptors (Lipinski definition) is 3. The van der Waals surface area contributed by atoms with Crippen LogP contribution in [-0.4, -0.2) is 43.5 Å². The van der Waals surface area contributed by atoms with Gasteiger partial charge in [-0.15, -0.1) is 0 Å². The summed E-state index contributed by atoms with van der Waals surface area (Å²) >= 11 is 0. The van der Waals surface area contributed by atoms with E-state index in [1.165, 1.54) is 17.3 Å². The molecule has 6 heteroatoms. The molecule has 0 saturated carbocycles. The molecule has 0 atom stereocenters. The van der Waals surface area contributed by atoms with Crippen molar-refractivity contribution in [2.45, 2.75) is 6.92 Å². The Morgan fingerprint density at radius 3 is 2.48 bits per heavy atom. The maximum Gasteiger partial charge on any atom is 0.241 e. The van der Waals surface area contributed by atoms with Gasteiger partial charge in [0.15, 0.2) is 11.6 Å². The van der Waals surface area contributed by atoms with Crippen molar-refractivity contribution in [2.24, 2.45) is 0 Å². The molecule has 0 bridgehead atoms. The van der Waals surface area contributed by atoms with E-state index in [0.717, 1.165) is 25.2 Å². The van der Waals surface area contributed by atoms with Gasteiger partial charge in [-0.05, 0) is 36.8 Å². The molecule has 1 heterocycles. The lowest BCUT2D eigenvalue weighted by atomic mass is 10.2. The normalized spacial score (nSPS) is 14.5. The molecule has 0 spiro atoms. The molecule has 0 unspecified atom stereocenters. The molecule has 132 valence electrons. The van der Waals surface area contributed by atoms with Crippen molar-refractivity contribution in [3.63, 3.8) is 0 Å². The maximum absolute atomic E-state index is 13.2. The zero-order valence-electron chi connectivity index (χ0n) is 14.1. The Balaban J connectivity index is 1.50. The Bertz CT molecular complexity index is 758. The van der Waals surface area contributed by atoms with Gasteiger partial charge in [0, 0.05) is 43.6 Å². The average Bonchev–Trinajstić information content (AvgIpc) is 2.62. The summed E-state index contributed by atoms with van der Waals surface area (Å²) in [5, 5.41) is 2.85. The highest BCUT2D eigenvalue weighted by Crippen LogP contribution is 2.18. The molecule has 0 aliphatic carbocycles. The van der Waals surface area contributed by atoms with Crippen LogP contribution in [0.25, 0.3) is 0 Å². The molecule has 25 heavy (non-hydrogen) atoms. The monoisotopic (exact) mass is 345 g/mol. The van der Waals surface area contributed by atoms with E-state index < -0.39 is 11.6 Å². The van der Waals surface area contributed by atoms with E-state index in [4.69, 9.17) is 0 Å². The second-order valence-electron chi connectivity index (χ2n) is 6.19. The van der Waals surface area contributed by atoms with Crippen molar-refractivity contribution in [1.29, 1.82) is 0 Å². The van der Waals surface area contributed by atoms with Gasteiger partial charge in [0.1, 0.15) is 0 Å². The molecule has 1 saturated heterocycles. The fraction of sp³-hybridized carbons (Fsp3) is 0.316. The predicted molar refractivity (Wildman–Crippen MR) is 94.8 cm³/mol. The van der Waals surface area contributed by atoms with Gasteiger partial charge in [-0.3, -0.25) is 4.79 Å². The summed E-state index contributed by atoms with van der Waals surface area (Å²) < 4.78 is 26.1. The van der Waals surface area contributed by atoms with Crippen LogP contribution in [0.5, 0.6) is 0 Å². The third kappa shape index (κ3) is 4.26. The van der Waals surface area contributed by atoms with Crippen LogP contribution in [0, 0.1) is 18.6 Å². The Kier molecular flexibility index (Phi) is 5.16. The third-order valence-electron chi connectivity index (χ3n) is 4.36. The van der Waals surface area contributed by atoms with Gasteiger partial charge in [-0.1, -0.05) is 12.1 Å². The van der Waals surface area contributed by atoms with Crippen molar-refractivity contribution in [3.05, 3.63) is 59.7 Å². The molecular weight excluding hydrogens is 324 g/mol. The largest absolute Gasteiger partial charge is 0.376 e. The Morgan fingerprint density at radius 1 is 1.04 bits per heavy atom. The highest BCUT2D eigenvalue weighted by Gasteiger charge is 2.21. The maximum atomic E-state index is 13.2. The number of rotatable bonds is 4. The number of nitrogens with zero attached hydrogens (tertiary/aromatic N) is 2. The molecule has 2 aromatic carbocycles. The third-order valence-corrected chi connectivity index (χ3v) is 4.36. The Labute approximate surface area is 146 Å². The minimum Gasteiger partial charge on any atom is -0.376 e.